The van der Waals surface area contributed by atoms with E-state index in [1.165, 1.54) is 10.9 Å². The SMILES string of the molecule is COc1ccc2cc(C(C)c3cc(CN=C(N)N(C)C)no3)ccc2c1. The van der Waals surface area contributed by atoms with Gasteiger partial charge in [0.1, 0.15) is 17.2 Å². The molecule has 136 valence electrons. The zero-order valence-electron chi connectivity index (χ0n) is 15.6. The Morgan fingerprint density at radius 3 is 2.65 bits per heavy atom. The Bertz CT molecular complexity index is 930. The van der Waals surface area contributed by atoms with E-state index in [4.69, 9.17) is 15.0 Å². The van der Waals surface area contributed by atoms with Crippen LogP contribution in [0.1, 0.15) is 29.9 Å². The number of ether oxygens (including phenoxy) is 1. The number of fused-ring (bicyclic) bond motifs is 1. The number of aliphatic imine (C=N–C) groups is 1. The summed E-state index contributed by atoms with van der Waals surface area (Å²) in [6.45, 7) is 2.50. The summed E-state index contributed by atoms with van der Waals surface area (Å²) < 4.78 is 10.8. The van der Waals surface area contributed by atoms with Crippen LogP contribution in [-0.4, -0.2) is 37.2 Å². The maximum atomic E-state index is 5.80. The first kappa shape index (κ1) is 17.8. The summed E-state index contributed by atoms with van der Waals surface area (Å²) in [6, 6.07) is 14.4. The van der Waals surface area contributed by atoms with Crippen molar-refractivity contribution in [2.75, 3.05) is 21.2 Å². The third-order valence-corrected chi connectivity index (χ3v) is 4.44. The summed E-state index contributed by atoms with van der Waals surface area (Å²) >= 11 is 0. The van der Waals surface area contributed by atoms with Crippen molar-refractivity contribution in [2.24, 2.45) is 10.7 Å². The molecule has 0 fully saturated rings. The number of rotatable bonds is 5. The molecule has 1 atom stereocenters. The molecule has 0 aliphatic carbocycles. The van der Waals surface area contributed by atoms with Crippen LogP contribution in [0, 0.1) is 0 Å². The summed E-state index contributed by atoms with van der Waals surface area (Å²) in [6.07, 6.45) is 0. The van der Waals surface area contributed by atoms with Crippen molar-refractivity contribution < 1.29 is 9.26 Å². The predicted molar refractivity (Wildman–Crippen MR) is 104 cm³/mol. The van der Waals surface area contributed by atoms with Gasteiger partial charge in [0.15, 0.2) is 5.96 Å². The van der Waals surface area contributed by atoms with Gasteiger partial charge in [-0.25, -0.2) is 4.99 Å². The molecular formula is C20H24N4O2. The molecule has 2 N–H and O–H groups in total. The van der Waals surface area contributed by atoms with Crippen LogP contribution < -0.4 is 10.5 Å². The predicted octanol–water partition coefficient (Wildman–Crippen LogP) is 3.36. The minimum Gasteiger partial charge on any atom is -0.497 e. The normalized spacial score (nSPS) is 13.0. The Balaban J connectivity index is 1.80. The highest BCUT2D eigenvalue weighted by molar-refractivity contribution is 5.84. The first-order chi connectivity index (χ1) is 12.5. The molecule has 6 heteroatoms. The van der Waals surface area contributed by atoms with Gasteiger partial charge >= 0.3 is 0 Å². The van der Waals surface area contributed by atoms with Crippen LogP contribution in [0.15, 0.2) is 52.0 Å². The van der Waals surface area contributed by atoms with Gasteiger partial charge in [-0.05, 0) is 28.5 Å². The summed E-state index contributed by atoms with van der Waals surface area (Å²) in [5.41, 5.74) is 7.74. The van der Waals surface area contributed by atoms with Crippen LogP contribution in [0.4, 0.5) is 0 Å². The van der Waals surface area contributed by atoms with E-state index in [2.05, 4.69) is 41.3 Å². The van der Waals surface area contributed by atoms with E-state index in [0.29, 0.717) is 12.5 Å². The fourth-order valence-electron chi connectivity index (χ4n) is 2.71. The quantitative estimate of drug-likeness (QED) is 0.563. The molecule has 0 saturated heterocycles. The zero-order valence-corrected chi connectivity index (χ0v) is 15.6. The molecule has 2 aromatic carbocycles. The number of methoxy groups -OCH3 is 1. The van der Waals surface area contributed by atoms with E-state index in [1.54, 1.807) is 12.0 Å². The Hall–Kier alpha value is -3.02. The highest BCUT2D eigenvalue weighted by Crippen LogP contribution is 2.29. The Kier molecular flexibility index (Phi) is 5.11. The molecule has 1 unspecified atom stereocenters. The standard InChI is InChI=1S/C20H24N4O2/c1-13(19-11-17(23-26-19)12-22-20(21)24(2)3)14-5-6-16-10-18(25-4)8-7-15(16)9-14/h5-11,13H,12H2,1-4H3,(H2,21,22). The minimum absolute atomic E-state index is 0.0953. The smallest absolute Gasteiger partial charge is 0.191 e. The van der Waals surface area contributed by atoms with Crippen molar-refractivity contribution >= 4 is 16.7 Å². The lowest BCUT2D eigenvalue weighted by atomic mass is 9.95. The van der Waals surface area contributed by atoms with Crippen molar-refractivity contribution in [3.8, 4) is 5.75 Å². The van der Waals surface area contributed by atoms with E-state index in [1.807, 2.05) is 32.3 Å². The molecule has 0 aliphatic heterocycles. The van der Waals surface area contributed by atoms with E-state index < -0.39 is 0 Å². The van der Waals surface area contributed by atoms with E-state index >= 15 is 0 Å². The highest BCUT2D eigenvalue weighted by Gasteiger charge is 2.15. The molecular weight excluding hydrogens is 328 g/mol. The molecule has 0 bridgehead atoms. The summed E-state index contributed by atoms with van der Waals surface area (Å²) in [7, 11) is 5.38. The van der Waals surface area contributed by atoms with Crippen LogP contribution >= 0.6 is 0 Å². The van der Waals surface area contributed by atoms with Crippen molar-refractivity contribution in [1.29, 1.82) is 0 Å². The second-order valence-corrected chi connectivity index (χ2v) is 6.48. The Labute approximate surface area is 153 Å². The Morgan fingerprint density at radius 1 is 1.19 bits per heavy atom. The second kappa shape index (κ2) is 7.47. The summed E-state index contributed by atoms with van der Waals surface area (Å²) in [5.74, 6) is 2.23. The van der Waals surface area contributed by atoms with E-state index in [9.17, 15) is 0 Å². The number of guanidine groups is 1. The minimum atomic E-state index is 0.0953. The Morgan fingerprint density at radius 2 is 1.92 bits per heavy atom. The van der Waals surface area contributed by atoms with Gasteiger partial charge in [-0.3, -0.25) is 0 Å². The molecule has 6 nitrogen and oxygen atoms in total. The molecule has 0 spiro atoms. The number of benzene rings is 2. The van der Waals surface area contributed by atoms with Gasteiger partial charge in [0.2, 0.25) is 0 Å². The van der Waals surface area contributed by atoms with Crippen LogP contribution in [0.5, 0.6) is 5.75 Å². The zero-order chi connectivity index (χ0) is 18.7. The van der Waals surface area contributed by atoms with Crippen LogP contribution in [0.25, 0.3) is 10.8 Å². The van der Waals surface area contributed by atoms with Gasteiger partial charge in [0.25, 0.3) is 0 Å². The highest BCUT2D eigenvalue weighted by atomic mass is 16.5. The first-order valence-corrected chi connectivity index (χ1v) is 8.48. The van der Waals surface area contributed by atoms with Gasteiger partial charge in [-0.1, -0.05) is 36.3 Å². The number of hydrogen-bond donors (Lipinski definition) is 1. The molecule has 1 heterocycles. The van der Waals surface area contributed by atoms with Crippen LogP contribution in [0.2, 0.25) is 0 Å². The molecule has 0 saturated carbocycles. The van der Waals surface area contributed by atoms with E-state index in [-0.39, 0.29) is 5.92 Å². The van der Waals surface area contributed by atoms with Gasteiger partial charge in [0, 0.05) is 26.1 Å². The molecule has 0 aliphatic rings. The summed E-state index contributed by atoms with van der Waals surface area (Å²) in [4.78, 5) is 6.04. The van der Waals surface area contributed by atoms with Gasteiger partial charge in [0.05, 0.1) is 13.7 Å². The van der Waals surface area contributed by atoms with Gasteiger partial charge < -0.3 is 19.9 Å². The monoisotopic (exact) mass is 352 g/mol. The fraction of sp³-hybridized carbons (Fsp3) is 0.300. The van der Waals surface area contributed by atoms with Crippen molar-refractivity contribution in [1.82, 2.24) is 10.1 Å². The maximum absolute atomic E-state index is 5.80. The lowest BCUT2D eigenvalue weighted by molar-refractivity contribution is 0.370. The maximum Gasteiger partial charge on any atom is 0.191 e. The fourth-order valence-corrected chi connectivity index (χ4v) is 2.71. The van der Waals surface area contributed by atoms with Gasteiger partial charge in [-0.15, -0.1) is 0 Å². The largest absolute Gasteiger partial charge is 0.497 e. The van der Waals surface area contributed by atoms with Gasteiger partial charge in [-0.2, -0.15) is 0 Å². The van der Waals surface area contributed by atoms with Crippen LogP contribution in [-0.2, 0) is 6.54 Å². The molecule has 26 heavy (non-hydrogen) atoms. The third kappa shape index (κ3) is 3.79. The van der Waals surface area contributed by atoms with Crippen molar-refractivity contribution in [3.05, 3.63) is 59.5 Å². The number of hydrogen-bond acceptors (Lipinski definition) is 4. The average molecular weight is 352 g/mol. The van der Waals surface area contributed by atoms with Crippen LogP contribution in [0.3, 0.4) is 0 Å². The molecule has 0 radical (unpaired) electrons. The summed E-state index contributed by atoms with van der Waals surface area (Å²) in [5, 5.41) is 6.42. The molecule has 1 aromatic heterocycles. The van der Waals surface area contributed by atoms with E-state index in [0.717, 1.165) is 22.6 Å². The second-order valence-electron chi connectivity index (χ2n) is 6.48. The number of aromatic nitrogens is 1. The topological polar surface area (TPSA) is 76.9 Å². The third-order valence-electron chi connectivity index (χ3n) is 4.44. The lowest BCUT2D eigenvalue weighted by Gasteiger charge is -2.10. The molecule has 3 rings (SSSR count). The lowest BCUT2D eigenvalue weighted by Crippen LogP contribution is -2.30. The van der Waals surface area contributed by atoms with Crippen molar-refractivity contribution in [3.63, 3.8) is 0 Å². The average Bonchev–Trinajstić information content (AvgIpc) is 3.13. The molecule has 3 aromatic rings. The first-order valence-electron chi connectivity index (χ1n) is 8.48. The number of nitrogens with zero attached hydrogens (tertiary/aromatic N) is 3. The number of nitrogens with two attached hydrogens (primary N) is 1. The molecule has 0 amide bonds. The van der Waals surface area contributed by atoms with Crippen molar-refractivity contribution in [2.45, 2.75) is 19.4 Å².